The molecule has 0 unspecified atom stereocenters. The third kappa shape index (κ3) is 3.35. The first-order valence-corrected chi connectivity index (χ1v) is 11.9. The molecule has 5 rings (SSSR count). The molecule has 0 bridgehead atoms. The minimum Gasteiger partial charge on any atom is -0.324 e. The van der Waals surface area contributed by atoms with Crippen molar-refractivity contribution in [2.24, 2.45) is 5.14 Å². The largest absolute Gasteiger partial charge is 0.324 e. The quantitative estimate of drug-likeness (QED) is 0.646. The molecule has 1 aromatic carbocycles. The van der Waals surface area contributed by atoms with Crippen molar-refractivity contribution in [3.63, 3.8) is 0 Å². The van der Waals surface area contributed by atoms with Crippen LogP contribution in [-0.4, -0.2) is 35.9 Å². The van der Waals surface area contributed by atoms with Crippen molar-refractivity contribution in [1.29, 1.82) is 0 Å². The van der Waals surface area contributed by atoms with Gasteiger partial charge in [-0.15, -0.1) is 0 Å². The molecule has 3 aromatic rings. The van der Waals surface area contributed by atoms with Gasteiger partial charge in [0.2, 0.25) is 21.9 Å². The van der Waals surface area contributed by atoms with Crippen LogP contribution in [0.3, 0.4) is 0 Å². The number of nitrogens with two attached hydrogens (primary N) is 1. The number of primary sulfonamides is 1. The van der Waals surface area contributed by atoms with Gasteiger partial charge in [0, 0.05) is 24.3 Å². The van der Waals surface area contributed by atoms with E-state index < -0.39 is 10.0 Å². The van der Waals surface area contributed by atoms with Gasteiger partial charge in [-0.05, 0) is 43.2 Å². The predicted molar refractivity (Wildman–Crippen MR) is 118 cm³/mol. The Labute approximate surface area is 180 Å². The lowest BCUT2D eigenvalue weighted by Crippen LogP contribution is -2.48. The molecule has 2 aromatic heterocycles. The maximum atomic E-state index is 12.7. The van der Waals surface area contributed by atoms with E-state index in [0.29, 0.717) is 18.1 Å². The van der Waals surface area contributed by atoms with E-state index in [9.17, 15) is 13.2 Å². The van der Waals surface area contributed by atoms with Crippen LogP contribution >= 0.6 is 0 Å². The van der Waals surface area contributed by atoms with Crippen molar-refractivity contribution < 1.29 is 13.2 Å². The van der Waals surface area contributed by atoms with Gasteiger partial charge in [-0.3, -0.25) is 4.79 Å². The van der Waals surface area contributed by atoms with Crippen LogP contribution in [-0.2, 0) is 20.4 Å². The average molecular weight is 441 g/mol. The van der Waals surface area contributed by atoms with Gasteiger partial charge in [0.15, 0.2) is 0 Å². The van der Waals surface area contributed by atoms with Gasteiger partial charge in [-0.2, -0.15) is 4.98 Å². The summed E-state index contributed by atoms with van der Waals surface area (Å²) in [5, 5.41) is 9.18. The number of rotatable bonds is 3. The number of anilines is 3. The number of nitrogens with one attached hydrogen (secondary N) is 1. The van der Waals surface area contributed by atoms with Crippen LogP contribution in [0.2, 0.25) is 0 Å². The first-order chi connectivity index (χ1) is 14.8. The smallest absolute Gasteiger partial charge is 0.238 e. The summed E-state index contributed by atoms with van der Waals surface area (Å²) in [5.74, 6) is 1.40. The van der Waals surface area contributed by atoms with Gasteiger partial charge in [0.1, 0.15) is 11.5 Å². The molecule has 1 aliphatic heterocycles. The minimum atomic E-state index is -3.74. The van der Waals surface area contributed by atoms with Gasteiger partial charge in [-0.25, -0.2) is 18.5 Å². The molecular weight excluding hydrogens is 416 g/mol. The Balaban J connectivity index is 1.56. The second-order valence-corrected chi connectivity index (χ2v) is 9.98. The Kier molecular flexibility index (Phi) is 4.52. The maximum Gasteiger partial charge on any atom is 0.238 e. The minimum absolute atomic E-state index is 0.0435. The zero-order chi connectivity index (χ0) is 21.8. The lowest BCUT2D eigenvalue weighted by molar-refractivity contribution is -0.121. The van der Waals surface area contributed by atoms with Crippen molar-refractivity contribution in [3.8, 4) is 0 Å². The Hall–Kier alpha value is -2.98. The zero-order valence-electron chi connectivity index (χ0n) is 17.2. The summed E-state index contributed by atoms with van der Waals surface area (Å²) in [6, 6.07) is 8.10. The Morgan fingerprint density at radius 3 is 2.52 bits per heavy atom. The SMILES string of the molecule is CN1C(=O)CC2(CCCCC2)n2c1cc1cnc(Nc3ccc(S(N)(=O)=O)cc3)nc12. The van der Waals surface area contributed by atoms with Gasteiger partial charge < -0.3 is 14.8 Å². The van der Waals surface area contributed by atoms with Crippen LogP contribution in [0.4, 0.5) is 17.5 Å². The number of fused-ring (bicyclic) bond motifs is 4. The number of benzene rings is 1. The number of hydrogen-bond donors (Lipinski definition) is 2. The number of aromatic nitrogens is 3. The topological polar surface area (TPSA) is 123 Å². The summed E-state index contributed by atoms with van der Waals surface area (Å²) in [6.07, 6.45) is 7.56. The number of nitrogens with zero attached hydrogens (tertiary/aromatic N) is 4. The highest BCUT2D eigenvalue weighted by Gasteiger charge is 2.44. The highest BCUT2D eigenvalue weighted by molar-refractivity contribution is 7.89. The molecular formula is C21H24N6O3S. The Morgan fingerprint density at radius 2 is 1.84 bits per heavy atom. The summed E-state index contributed by atoms with van der Waals surface area (Å²) in [6.45, 7) is 0. The first kappa shape index (κ1) is 20.0. The van der Waals surface area contributed by atoms with E-state index in [0.717, 1.165) is 42.5 Å². The van der Waals surface area contributed by atoms with E-state index in [4.69, 9.17) is 10.1 Å². The van der Waals surface area contributed by atoms with E-state index in [2.05, 4.69) is 14.9 Å². The fraction of sp³-hybridized carbons (Fsp3) is 0.381. The van der Waals surface area contributed by atoms with Gasteiger partial charge in [0.05, 0.1) is 16.9 Å². The van der Waals surface area contributed by atoms with Gasteiger partial charge in [-0.1, -0.05) is 19.3 Å². The number of amides is 1. The van der Waals surface area contributed by atoms with Crippen molar-refractivity contribution in [1.82, 2.24) is 14.5 Å². The summed E-state index contributed by atoms with van der Waals surface area (Å²) in [7, 11) is -1.94. The zero-order valence-corrected chi connectivity index (χ0v) is 18.0. The van der Waals surface area contributed by atoms with Crippen LogP contribution in [0.15, 0.2) is 41.4 Å². The van der Waals surface area contributed by atoms with Crippen molar-refractivity contribution in [2.45, 2.75) is 49.0 Å². The highest BCUT2D eigenvalue weighted by Crippen LogP contribution is 2.46. The van der Waals surface area contributed by atoms with Crippen LogP contribution in [0.5, 0.6) is 0 Å². The molecule has 2 aliphatic rings. The molecule has 3 heterocycles. The van der Waals surface area contributed by atoms with E-state index >= 15 is 0 Å². The molecule has 0 atom stereocenters. The number of sulfonamides is 1. The van der Waals surface area contributed by atoms with Gasteiger partial charge in [0.25, 0.3) is 0 Å². The van der Waals surface area contributed by atoms with Crippen LogP contribution in [0.25, 0.3) is 11.0 Å². The van der Waals surface area contributed by atoms with Crippen molar-refractivity contribution >= 4 is 44.4 Å². The lowest BCUT2D eigenvalue weighted by Gasteiger charge is -2.44. The monoisotopic (exact) mass is 440 g/mol. The molecule has 10 heteroatoms. The molecule has 3 N–H and O–H groups in total. The highest BCUT2D eigenvalue weighted by atomic mass is 32.2. The molecule has 1 fully saturated rings. The van der Waals surface area contributed by atoms with Crippen LogP contribution in [0, 0.1) is 0 Å². The second kappa shape index (κ2) is 7.03. The third-order valence-electron chi connectivity index (χ3n) is 6.42. The van der Waals surface area contributed by atoms with E-state index in [1.807, 2.05) is 13.1 Å². The first-order valence-electron chi connectivity index (χ1n) is 10.3. The van der Waals surface area contributed by atoms with Crippen molar-refractivity contribution in [3.05, 3.63) is 36.5 Å². The van der Waals surface area contributed by atoms with Gasteiger partial charge >= 0.3 is 0 Å². The average Bonchev–Trinajstić information content (AvgIpc) is 3.13. The summed E-state index contributed by atoms with van der Waals surface area (Å²) in [5.41, 5.74) is 1.22. The fourth-order valence-electron chi connectivity index (χ4n) is 4.82. The second-order valence-electron chi connectivity index (χ2n) is 8.42. The van der Waals surface area contributed by atoms with Crippen molar-refractivity contribution in [2.75, 3.05) is 17.3 Å². The third-order valence-corrected chi connectivity index (χ3v) is 7.35. The Morgan fingerprint density at radius 1 is 1.13 bits per heavy atom. The molecule has 9 nitrogen and oxygen atoms in total. The summed E-state index contributed by atoms with van der Waals surface area (Å²) in [4.78, 5) is 23.7. The molecule has 1 spiro atoms. The number of carbonyl (C=O) groups excluding carboxylic acids is 1. The molecule has 1 saturated carbocycles. The molecule has 1 amide bonds. The number of hydrogen-bond acceptors (Lipinski definition) is 6. The maximum absolute atomic E-state index is 12.7. The normalized spacial score (nSPS) is 18.4. The molecule has 162 valence electrons. The molecule has 1 aliphatic carbocycles. The standard InChI is InChI=1S/C21H24N6O3S/c1-26-17-11-14-13-23-20(24-15-5-7-16(8-6-15)31(22,29)30)25-19(14)27(17)21(12-18(26)28)9-3-2-4-10-21/h5-8,11,13H,2-4,9-10,12H2,1H3,(H2,22,29,30)(H,23,24,25). The van der Waals surface area contributed by atoms with E-state index in [1.165, 1.54) is 18.6 Å². The Bertz CT molecular complexity index is 1280. The summed E-state index contributed by atoms with van der Waals surface area (Å²) < 4.78 is 25.1. The molecule has 0 saturated heterocycles. The van der Waals surface area contributed by atoms with E-state index in [1.54, 1.807) is 23.2 Å². The summed E-state index contributed by atoms with van der Waals surface area (Å²) >= 11 is 0. The fourth-order valence-corrected chi connectivity index (χ4v) is 5.34. The molecule has 31 heavy (non-hydrogen) atoms. The number of carbonyl (C=O) groups is 1. The van der Waals surface area contributed by atoms with Crippen LogP contribution < -0.4 is 15.4 Å². The molecule has 0 radical (unpaired) electrons. The lowest BCUT2D eigenvalue weighted by atomic mass is 9.77. The van der Waals surface area contributed by atoms with Crippen LogP contribution in [0.1, 0.15) is 38.5 Å². The van der Waals surface area contributed by atoms with E-state index in [-0.39, 0.29) is 16.3 Å². The predicted octanol–water partition coefficient (Wildman–Crippen LogP) is 2.85.